The van der Waals surface area contributed by atoms with E-state index in [1.54, 1.807) is 0 Å². The third kappa shape index (κ3) is 7.50. The van der Waals surface area contributed by atoms with Crippen molar-refractivity contribution in [3.63, 3.8) is 0 Å². The number of hydrogen-bond acceptors (Lipinski definition) is 4. The maximum atomic E-state index is 5.84. The molecule has 0 saturated carbocycles. The average molecular weight is 501 g/mol. The molecule has 2 heterocycles. The zero-order chi connectivity index (χ0) is 18.9. The van der Waals surface area contributed by atoms with Gasteiger partial charge >= 0.3 is 0 Å². The lowest BCUT2D eigenvalue weighted by Crippen LogP contribution is -2.48. The van der Waals surface area contributed by atoms with Gasteiger partial charge in [-0.15, -0.1) is 24.0 Å². The van der Waals surface area contributed by atoms with Crippen molar-refractivity contribution in [1.82, 2.24) is 20.4 Å². The average Bonchev–Trinajstić information content (AvgIpc) is 3.12. The minimum absolute atomic E-state index is 0. The second-order valence-electron chi connectivity index (χ2n) is 7.61. The topological polar surface area (TPSA) is 52.1 Å². The van der Waals surface area contributed by atoms with Crippen LogP contribution in [0.15, 0.2) is 35.3 Å². The van der Waals surface area contributed by atoms with E-state index in [0.29, 0.717) is 6.04 Å². The van der Waals surface area contributed by atoms with Gasteiger partial charge in [0.1, 0.15) is 0 Å². The summed E-state index contributed by atoms with van der Waals surface area (Å²) in [6, 6.07) is 11.3. The Morgan fingerprint density at radius 2 is 2.04 bits per heavy atom. The molecule has 28 heavy (non-hydrogen) atoms. The first-order chi connectivity index (χ1) is 13.2. The molecule has 0 amide bonds. The Bertz CT molecular complexity index is 585. The number of ether oxygens (including phenoxy) is 1. The molecular formula is C21H36IN5O. The molecule has 0 radical (unpaired) electrons. The van der Waals surface area contributed by atoms with Crippen LogP contribution in [0.1, 0.15) is 25.3 Å². The Hall–Kier alpha value is -0.900. The minimum atomic E-state index is 0. The van der Waals surface area contributed by atoms with E-state index in [4.69, 9.17) is 9.73 Å². The largest absolute Gasteiger partial charge is 0.374 e. The van der Waals surface area contributed by atoms with Crippen molar-refractivity contribution in [2.24, 2.45) is 4.99 Å². The van der Waals surface area contributed by atoms with E-state index in [2.05, 4.69) is 64.7 Å². The smallest absolute Gasteiger partial charge is 0.191 e. The SMILES string of the molecule is CCNC(=NCC1CCCN1Cc1ccccc1)NCC1CN(C)CCO1.I. The third-order valence-electron chi connectivity index (χ3n) is 5.37. The standard InChI is InChI=1S/C21H35N5O.HI/c1-3-22-21(24-15-20-17-25(2)12-13-27-20)23-14-19-10-7-11-26(19)16-18-8-5-4-6-9-18;/h4-6,8-9,19-20H,3,7,10-17H2,1-2H3,(H2,22,23,24);1H. The van der Waals surface area contributed by atoms with Crippen molar-refractivity contribution in [3.8, 4) is 0 Å². The van der Waals surface area contributed by atoms with E-state index >= 15 is 0 Å². The molecule has 0 spiro atoms. The number of rotatable bonds is 7. The Labute approximate surface area is 187 Å². The van der Waals surface area contributed by atoms with Gasteiger partial charge < -0.3 is 20.3 Å². The zero-order valence-corrected chi connectivity index (χ0v) is 19.6. The maximum Gasteiger partial charge on any atom is 0.191 e. The van der Waals surface area contributed by atoms with Crippen LogP contribution in [0.25, 0.3) is 0 Å². The van der Waals surface area contributed by atoms with E-state index in [0.717, 1.165) is 51.8 Å². The van der Waals surface area contributed by atoms with Crippen LogP contribution in [-0.2, 0) is 11.3 Å². The van der Waals surface area contributed by atoms with Gasteiger partial charge in [0.25, 0.3) is 0 Å². The number of hydrogen-bond donors (Lipinski definition) is 2. The molecule has 1 aromatic rings. The number of likely N-dealkylation sites (N-methyl/N-ethyl adjacent to an activating group) is 1. The highest BCUT2D eigenvalue weighted by Crippen LogP contribution is 2.20. The highest BCUT2D eigenvalue weighted by atomic mass is 127. The highest BCUT2D eigenvalue weighted by Gasteiger charge is 2.24. The van der Waals surface area contributed by atoms with Crippen molar-refractivity contribution in [2.45, 2.75) is 38.5 Å². The number of morpholine rings is 1. The van der Waals surface area contributed by atoms with Gasteiger partial charge in [0, 0.05) is 38.8 Å². The molecule has 2 saturated heterocycles. The lowest BCUT2D eigenvalue weighted by atomic mass is 10.2. The van der Waals surface area contributed by atoms with E-state index < -0.39 is 0 Å². The van der Waals surface area contributed by atoms with Gasteiger partial charge in [-0.2, -0.15) is 0 Å². The second kappa shape index (κ2) is 12.6. The zero-order valence-electron chi connectivity index (χ0n) is 17.3. The summed E-state index contributed by atoms with van der Waals surface area (Å²) in [6.07, 6.45) is 2.72. The number of halogens is 1. The van der Waals surface area contributed by atoms with Gasteiger partial charge in [0.2, 0.25) is 0 Å². The summed E-state index contributed by atoms with van der Waals surface area (Å²) in [5, 5.41) is 6.84. The molecule has 2 aliphatic heterocycles. The third-order valence-corrected chi connectivity index (χ3v) is 5.37. The van der Waals surface area contributed by atoms with Gasteiger partial charge in [-0.3, -0.25) is 9.89 Å². The highest BCUT2D eigenvalue weighted by molar-refractivity contribution is 14.0. The minimum Gasteiger partial charge on any atom is -0.374 e. The van der Waals surface area contributed by atoms with E-state index in [-0.39, 0.29) is 30.1 Å². The molecule has 0 aliphatic carbocycles. The summed E-state index contributed by atoms with van der Waals surface area (Å²) in [7, 11) is 2.15. The fourth-order valence-corrected chi connectivity index (χ4v) is 3.87. The van der Waals surface area contributed by atoms with Gasteiger partial charge in [-0.25, -0.2) is 0 Å². The van der Waals surface area contributed by atoms with Crippen LogP contribution in [0.2, 0.25) is 0 Å². The van der Waals surface area contributed by atoms with E-state index in [9.17, 15) is 0 Å². The molecule has 6 nitrogen and oxygen atoms in total. The van der Waals surface area contributed by atoms with Gasteiger partial charge in [-0.05, 0) is 38.9 Å². The van der Waals surface area contributed by atoms with Crippen LogP contribution < -0.4 is 10.6 Å². The maximum absolute atomic E-state index is 5.84. The summed E-state index contributed by atoms with van der Waals surface area (Å²) in [4.78, 5) is 9.76. The number of aliphatic imine (C=N–C) groups is 1. The fourth-order valence-electron chi connectivity index (χ4n) is 3.87. The normalized spacial score (nSPS) is 24.0. The van der Waals surface area contributed by atoms with Gasteiger partial charge in [-0.1, -0.05) is 30.3 Å². The molecule has 2 aliphatic rings. The molecule has 2 unspecified atom stereocenters. The van der Waals surface area contributed by atoms with E-state index in [1.165, 1.54) is 24.9 Å². The van der Waals surface area contributed by atoms with Crippen LogP contribution in [0.3, 0.4) is 0 Å². The summed E-state index contributed by atoms with van der Waals surface area (Å²) in [6.45, 7) is 9.61. The molecule has 0 aromatic heterocycles. The van der Waals surface area contributed by atoms with Crippen LogP contribution in [0.5, 0.6) is 0 Å². The number of benzene rings is 1. The molecule has 2 fully saturated rings. The van der Waals surface area contributed by atoms with Gasteiger partial charge in [0.15, 0.2) is 5.96 Å². The Kier molecular flexibility index (Phi) is 10.5. The number of likely N-dealkylation sites (tertiary alicyclic amines) is 1. The van der Waals surface area contributed by atoms with Crippen LogP contribution in [0, 0.1) is 0 Å². The van der Waals surface area contributed by atoms with Crippen molar-refractivity contribution in [3.05, 3.63) is 35.9 Å². The quantitative estimate of drug-likeness (QED) is 0.341. The first kappa shape index (κ1) is 23.4. The first-order valence-corrected chi connectivity index (χ1v) is 10.3. The Morgan fingerprint density at radius 3 is 2.79 bits per heavy atom. The summed E-state index contributed by atoms with van der Waals surface area (Å²) < 4.78 is 5.84. The number of nitrogens with zero attached hydrogens (tertiary/aromatic N) is 3. The molecule has 0 bridgehead atoms. The molecular weight excluding hydrogens is 465 g/mol. The van der Waals surface area contributed by atoms with Crippen LogP contribution >= 0.6 is 24.0 Å². The molecule has 2 N–H and O–H groups in total. The summed E-state index contributed by atoms with van der Waals surface area (Å²) in [5.41, 5.74) is 1.39. The summed E-state index contributed by atoms with van der Waals surface area (Å²) in [5.74, 6) is 0.904. The van der Waals surface area contributed by atoms with Crippen molar-refractivity contribution >= 4 is 29.9 Å². The number of guanidine groups is 1. The Morgan fingerprint density at radius 1 is 1.21 bits per heavy atom. The van der Waals surface area contributed by atoms with E-state index in [1.807, 2.05) is 0 Å². The molecule has 3 rings (SSSR count). The predicted octanol–water partition coefficient (Wildman–Crippen LogP) is 2.15. The fraction of sp³-hybridized carbons (Fsp3) is 0.667. The molecule has 1 aromatic carbocycles. The van der Waals surface area contributed by atoms with Crippen molar-refractivity contribution in [2.75, 3.05) is 52.9 Å². The van der Waals surface area contributed by atoms with Crippen LogP contribution in [-0.4, -0.2) is 80.8 Å². The van der Waals surface area contributed by atoms with Crippen molar-refractivity contribution < 1.29 is 4.74 Å². The van der Waals surface area contributed by atoms with Gasteiger partial charge in [0.05, 0.1) is 19.3 Å². The first-order valence-electron chi connectivity index (χ1n) is 10.3. The lowest BCUT2D eigenvalue weighted by Gasteiger charge is -2.30. The second-order valence-corrected chi connectivity index (χ2v) is 7.61. The monoisotopic (exact) mass is 501 g/mol. The predicted molar refractivity (Wildman–Crippen MR) is 127 cm³/mol. The van der Waals surface area contributed by atoms with Crippen molar-refractivity contribution in [1.29, 1.82) is 0 Å². The van der Waals surface area contributed by atoms with Crippen LogP contribution in [0.4, 0.5) is 0 Å². The number of nitrogens with one attached hydrogen (secondary N) is 2. The Balaban J connectivity index is 0.00000280. The molecule has 158 valence electrons. The lowest BCUT2D eigenvalue weighted by molar-refractivity contribution is -0.0161. The molecule has 2 atom stereocenters. The molecule has 7 heteroatoms. The summed E-state index contributed by atoms with van der Waals surface area (Å²) >= 11 is 0.